The van der Waals surface area contributed by atoms with Crippen molar-refractivity contribution < 1.29 is 13.2 Å². The van der Waals surface area contributed by atoms with E-state index in [0.717, 1.165) is 5.56 Å². The van der Waals surface area contributed by atoms with Gasteiger partial charge in [-0.15, -0.1) is 0 Å². The average Bonchev–Trinajstić information content (AvgIpc) is 2.38. The zero-order valence-corrected chi connectivity index (χ0v) is 13.5. The minimum Gasteiger partial charge on any atom is -0.493 e. The normalized spacial score (nSPS) is 13.2. The van der Waals surface area contributed by atoms with Gasteiger partial charge >= 0.3 is 0 Å². The van der Waals surface area contributed by atoms with E-state index in [9.17, 15) is 8.42 Å². The monoisotopic (exact) mass is 319 g/mol. The lowest BCUT2D eigenvalue weighted by molar-refractivity contribution is 0.314. The second-order valence-corrected chi connectivity index (χ2v) is 7.72. The second kappa shape index (κ2) is 7.86. The van der Waals surface area contributed by atoms with Gasteiger partial charge in [-0.3, -0.25) is 0 Å². The highest BCUT2D eigenvalue weighted by Crippen LogP contribution is 2.27. The zero-order chi connectivity index (χ0) is 15.2. The number of sulfone groups is 1. The fourth-order valence-electron chi connectivity index (χ4n) is 1.80. The quantitative estimate of drug-likeness (QED) is 0.747. The van der Waals surface area contributed by atoms with E-state index in [1.165, 1.54) is 0 Å². The smallest absolute Gasteiger partial charge is 0.150 e. The molecule has 2 N–H and O–H groups in total. The van der Waals surface area contributed by atoms with Crippen LogP contribution in [0.3, 0.4) is 0 Å². The first-order valence-corrected chi connectivity index (χ1v) is 8.92. The summed E-state index contributed by atoms with van der Waals surface area (Å²) >= 11 is 6.15. The second-order valence-electron chi connectivity index (χ2n) is 4.84. The number of ether oxygens (including phenoxy) is 1. The Morgan fingerprint density at radius 1 is 1.40 bits per heavy atom. The Hall–Kier alpha value is -0.780. The summed E-state index contributed by atoms with van der Waals surface area (Å²) in [4.78, 5) is 0. The summed E-state index contributed by atoms with van der Waals surface area (Å²) in [5, 5.41) is 0.626. The van der Waals surface area contributed by atoms with Gasteiger partial charge < -0.3 is 10.5 Å². The summed E-state index contributed by atoms with van der Waals surface area (Å²) in [6, 6.07) is 5.43. The van der Waals surface area contributed by atoms with Crippen molar-refractivity contribution in [2.24, 2.45) is 5.73 Å². The summed E-state index contributed by atoms with van der Waals surface area (Å²) in [6.07, 6.45) is 1.10. The molecule has 114 valence electrons. The van der Waals surface area contributed by atoms with E-state index >= 15 is 0 Å². The van der Waals surface area contributed by atoms with Crippen LogP contribution in [0.2, 0.25) is 5.02 Å². The molecule has 4 nitrogen and oxygen atoms in total. The molecule has 0 aliphatic carbocycles. The molecule has 0 aliphatic rings. The molecule has 0 spiro atoms. The molecule has 1 unspecified atom stereocenters. The van der Waals surface area contributed by atoms with Gasteiger partial charge in [0.2, 0.25) is 0 Å². The average molecular weight is 320 g/mol. The van der Waals surface area contributed by atoms with Crippen molar-refractivity contribution in [1.29, 1.82) is 0 Å². The summed E-state index contributed by atoms with van der Waals surface area (Å²) in [6.45, 7) is 3.90. The molecule has 6 heteroatoms. The summed E-state index contributed by atoms with van der Waals surface area (Å²) in [7, 11) is -2.94. The third-order valence-electron chi connectivity index (χ3n) is 2.90. The molecule has 1 aromatic rings. The Morgan fingerprint density at radius 2 is 2.10 bits per heavy atom. The van der Waals surface area contributed by atoms with E-state index in [1.807, 2.05) is 19.1 Å². The van der Waals surface area contributed by atoms with Crippen LogP contribution >= 0.6 is 11.6 Å². The minimum absolute atomic E-state index is 0.0160. The lowest BCUT2D eigenvalue weighted by Crippen LogP contribution is -2.19. The van der Waals surface area contributed by atoms with Gasteiger partial charge in [-0.25, -0.2) is 8.42 Å². The van der Waals surface area contributed by atoms with Crippen LogP contribution in [0.4, 0.5) is 0 Å². The highest BCUT2D eigenvalue weighted by Gasteiger charge is 2.11. The molecule has 1 rings (SSSR count). The van der Waals surface area contributed by atoms with Crippen molar-refractivity contribution >= 4 is 21.4 Å². The third-order valence-corrected chi connectivity index (χ3v) is 5.04. The predicted octanol–water partition coefficient (Wildman–Crippen LogP) is 2.43. The standard InChI is InChI=1S/C14H22ClNO3S/c1-3-20(17,18)9-5-8-19-14-7-4-6-13(15)12(14)10-11(2)16/h4,6-7,11H,3,5,8-10,16H2,1-2H3. The maximum atomic E-state index is 11.4. The lowest BCUT2D eigenvalue weighted by atomic mass is 10.1. The van der Waals surface area contributed by atoms with Crippen LogP contribution in [0, 0.1) is 0 Å². The molecule has 1 aromatic carbocycles. The highest BCUT2D eigenvalue weighted by molar-refractivity contribution is 7.91. The van der Waals surface area contributed by atoms with Crippen molar-refractivity contribution in [3.05, 3.63) is 28.8 Å². The predicted molar refractivity (Wildman–Crippen MR) is 83.2 cm³/mol. The first-order valence-electron chi connectivity index (χ1n) is 6.72. The van der Waals surface area contributed by atoms with Crippen molar-refractivity contribution in [3.63, 3.8) is 0 Å². The third kappa shape index (κ3) is 5.69. The molecule has 0 bridgehead atoms. The van der Waals surface area contributed by atoms with E-state index in [0.29, 0.717) is 30.2 Å². The van der Waals surface area contributed by atoms with Gasteiger partial charge in [0.25, 0.3) is 0 Å². The van der Waals surface area contributed by atoms with Crippen molar-refractivity contribution in [3.8, 4) is 5.75 Å². The number of nitrogens with two attached hydrogens (primary N) is 1. The van der Waals surface area contributed by atoms with Crippen LogP contribution in [0.1, 0.15) is 25.8 Å². The van der Waals surface area contributed by atoms with Gasteiger partial charge in [0.1, 0.15) is 15.6 Å². The van der Waals surface area contributed by atoms with Crippen molar-refractivity contribution in [2.75, 3.05) is 18.1 Å². The van der Waals surface area contributed by atoms with Crippen LogP contribution in [0.15, 0.2) is 18.2 Å². The van der Waals surface area contributed by atoms with Crippen LogP contribution in [0.25, 0.3) is 0 Å². The molecule has 0 fully saturated rings. The summed E-state index contributed by atoms with van der Waals surface area (Å²) < 4.78 is 28.4. The first-order chi connectivity index (χ1) is 9.35. The summed E-state index contributed by atoms with van der Waals surface area (Å²) in [5.41, 5.74) is 6.68. The maximum Gasteiger partial charge on any atom is 0.150 e. The number of rotatable bonds is 8. The minimum atomic E-state index is -2.94. The molecular formula is C14H22ClNO3S. The van der Waals surface area contributed by atoms with E-state index < -0.39 is 9.84 Å². The molecule has 0 amide bonds. The van der Waals surface area contributed by atoms with E-state index in [-0.39, 0.29) is 17.5 Å². The van der Waals surface area contributed by atoms with Gasteiger partial charge in [0, 0.05) is 22.4 Å². The molecule has 1 atom stereocenters. The zero-order valence-electron chi connectivity index (χ0n) is 11.9. The number of benzene rings is 1. The molecule has 20 heavy (non-hydrogen) atoms. The molecule has 0 saturated carbocycles. The topological polar surface area (TPSA) is 69.4 Å². The number of hydrogen-bond donors (Lipinski definition) is 1. The molecular weight excluding hydrogens is 298 g/mol. The first kappa shape index (κ1) is 17.3. The molecule has 0 saturated heterocycles. The SMILES string of the molecule is CCS(=O)(=O)CCCOc1cccc(Cl)c1CC(C)N. The Kier molecular flexibility index (Phi) is 6.79. The Balaban J connectivity index is 2.62. The Bertz CT molecular complexity index is 529. The van der Waals surface area contributed by atoms with Crippen LogP contribution in [0.5, 0.6) is 5.75 Å². The Labute approximate surface area is 126 Å². The van der Waals surface area contributed by atoms with Gasteiger partial charge in [-0.1, -0.05) is 24.6 Å². The van der Waals surface area contributed by atoms with E-state index in [4.69, 9.17) is 22.1 Å². The lowest BCUT2D eigenvalue weighted by Gasteiger charge is -2.14. The fourth-order valence-corrected chi connectivity index (χ4v) is 2.89. The maximum absolute atomic E-state index is 11.4. The number of halogens is 1. The molecule has 0 aromatic heterocycles. The van der Waals surface area contributed by atoms with Crippen LogP contribution in [-0.4, -0.2) is 32.6 Å². The van der Waals surface area contributed by atoms with E-state index in [1.54, 1.807) is 13.0 Å². The molecule has 0 heterocycles. The van der Waals surface area contributed by atoms with Crippen LogP contribution in [-0.2, 0) is 16.3 Å². The highest BCUT2D eigenvalue weighted by atomic mass is 35.5. The van der Waals surface area contributed by atoms with Crippen LogP contribution < -0.4 is 10.5 Å². The molecule has 0 radical (unpaired) electrons. The van der Waals surface area contributed by atoms with E-state index in [2.05, 4.69) is 0 Å². The number of hydrogen-bond acceptors (Lipinski definition) is 4. The van der Waals surface area contributed by atoms with Crippen molar-refractivity contribution in [2.45, 2.75) is 32.7 Å². The largest absolute Gasteiger partial charge is 0.493 e. The van der Waals surface area contributed by atoms with Gasteiger partial charge in [0.05, 0.1) is 12.4 Å². The van der Waals surface area contributed by atoms with Gasteiger partial charge in [0.15, 0.2) is 0 Å². The van der Waals surface area contributed by atoms with Gasteiger partial charge in [-0.2, -0.15) is 0 Å². The summed E-state index contributed by atoms with van der Waals surface area (Å²) in [5.74, 6) is 0.996. The fraction of sp³-hybridized carbons (Fsp3) is 0.571. The van der Waals surface area contributed by atoms with Crippen molar-refractivity contribution in [1.82, 2.24) is 0 Å². The molecule has 0 aliphatic heterocycles. The Morgan fingerprint density at radius 3 is 2.70 bits per heavy atom. The van der Waals surface area contributed by atoms with Gasteiger partial charge in [-0.05, 0) is 31.9 Å².